The third kappa shape index (κ3) is 8.39. The highest BCUT2D eigenvalue weighted by molar-refractivity contribution is 7.90. The van der Waals surface area contributed by atoms with Gasteiger partial charge >= 0.3 is 0 Å². The Balaban J connectivity index is 1.51. The summed E-state index contributed by atoms with van der Waals surface area (Å²) < 4.78 is 37.9. The fraction of sp³-hybridized carbons (Fsp3) is 0.231. The molecule has 2 aromatic carbocycles. The summed E-state index contributed by atoms with van der Waals surface area (Å²) >= 11 is 0. The summed E-state index contributed by atoms with van der Waals surface area (Å²) in [6.45, 7) is 3.56. The van der Waals surface area contributed by atoms with Crippen LogP contribution in [0.1, 0.15) is 38.1 Å². The number of sulfonamides is 1. The molecule has 3 N–H and O–H groups in total. The van der Waals surface area contributed by atoms with Crippen molar-refractivity contribution in [1.82, 2.24) is 20.3 Å². The Morgan fingerprint density at radius 1 is 0.789 bits per heavy atom. The molecule has 12 heteroatoms. The SMILES string of the molecule is CCOCCNC(=O)c1ccc(C(=O)NS(=O)(=O)c2ccc(C(=O)NCCOc3ccccc3)cc2)cn1. The van der Waals surface area contributed by atoms with E-state index in [9.17, 15) is 22.8 Å². The maximum atomic E-state index is 12.6. The normalized spacial score (nSPS) is 10.9. The molecule has 0 radical (unpaired) electrons. The summed E-state index contributed by atoms with van der Waals surface area (Å²) in [6, 6.07) is 16.9. The van der Waals surface area contributed by atoms with Gasteiger partial charge in [-0.2, -0.15) is 0 Å². The third-order valence-corrected chi connectivity index (χ3v) is 6.39. The van der Waals surface area contributed by atoms with Crippen LogP contribution in [0.5, 0.6) is 5.75 Å². The molecule has 3 amide bonds. The number of pyridine rings is 1. The van der Waals surface area contributed by atoms with E-state index in [2.05, 4.69) is 15.6 Å². The summed E-state index contributed by atoms with van der Waals surface area (Å²) in [5, 5.41) is 5.30. The lowest BCUT2D eigenvalue weighted by Gasteiger charge is -2.09. The van der Waals surface area contributed by atoms with Crippen molar-refractivity contribution in [3.8, 4) is 5.75 Å². The minimum absolute atomic E-state index is 0.0480. The van der Waals surface area contributed by atoms with Crippen LogP contribution >= 0.6 is 0 Å². The smallest absolute Gasteiger partial charge is 0.269 e. The Hall–Kier alpha value is -4.29. The van der Waals surface area contributed by atoms with Crippen molar-refractivity contribution in [2.45, 2.75) is 11.8 Å². The number of carbonyl (C=O) groups is 3. The summed E-state index contributed by atoms with van der Waals surface area (Å²) in [6.07, 6.45) is 1.11. The van der Waals surface area contributed by atoms with Gasteiger partial charge in [-0.15, -0.1) is 0 Å². The molecule has 3 aromatic rings. The first-order valence-corrected chi connectivity index (χ1v) is 13.2. The number of ether oxygens (including phenoxy) is 2. The van der Waals surface area contributed by atoms with Crippen LogP contribution in [-0.4, -0.2) is 64.0 Å². The van der Waals surface area contributed by atoms with Crippen molar-refractivity contribution in [2.24, 2.45) is 0 Å². The quantitative estimate of drug-likeness (QED) is 0.277. The lowest BCUT2D eigenvalue weighted by Crippen LogP contribution is -2.31. The van der Waals surface area contributed by atoms with Crippen molar-refractivity contribution < 1.29 is 32.3 Å². The van der Waals surface area contributed by atoms with Gasteiger partial charge in [0.15, 0.2) is 0 Å². The lowest BCUT2D eigenvalue weighted by molar-refractivity contribution is 0.0914. The van der Waals surface area contributed by atoms with Crippen LogP contribution < -0.4 is 20.1 Å². The van der Waals surface area contributed by atoms with Gasteiger partial charge in [-0.1, -0.05) is 18.2 Å². The van der Waals surface area contributed by atoms with Crippen LogP contribution in [0.15, 0.2) is 77.8 Å². The second-order valence-electron chi connectivity index (χ2n) is 7.76. The molecule has 0 bridgehead atoms. The molecule has 0 spiro atoms. The van der Waals surface area contributed by atoms with Crippen LogP contribution in [0, 0.1) is 0 Å². The average molecular weight is 541 g/mol. The molecule has 11 nitrogen and oxygen atoms in total. The first kappa shape index (κ1) is 28.3. The number of carbonyl (C=O) groups excluding carboxylic acids is 3. The molecule has 0 fully saturated rings. The van der Waals surface area contributed by atoms with Gasteiger partial charge < -0.3 is 20.1 Å². The molecule has 1 aromatic heterocycles. The van der Waals surface area contributed by atoms with Crippen molar-refractivity contribution in [1.29, 1.82) is 0 Å². The van der Waals surface area contributed by atoms with Gasteiger partial charge in [0.2, 0.25) is 0 Å². The predicted octanol–water partition coefficient (Wildman–Crippen LogP) is 1.78. The van der Waals surface area contributed by atoms with Gasteiger partial charge in [-0.25, -0.2) is 13.1 Å². The topological polar surface area (TPSA) is 153 Å². The van der Waals surface area contributed by atoms with E-state index in [0.717, 1.165) is 6.20 Å². The van der Waals surface area contributed by atoms with Crippen LogP contribution in [0.3, 0.4) is 0 Å². The molecule has 200 valence electrons. The molecule has 0 saturated carbocycles. The highest BCUT2D eigenvalue weighted by Gasteiger charge is 2.20. The lowest BCUT2D eigenvalue weighted by atomic mass is 10.2. The molecule has 0 aliphatic heterocycles. The highest BCUT2D eigenvalue weighted by Crippen LogP contribution is 2.12. The molecule has 3 rings (SSSR count). The summed E-state index contributed by atoms with van der Waals surface area (Å²) in [5.74, 6) is -1.08. The van der Waals surface area contributed by atoms with Crippen molar-refractivity contribution in [3.05, 3.63) is 89.7 Å². The zero-order chi connectivity index (χ0) is 27.4. The van der Waals surface area contributed by atoms with Crippen LogP contribution in [0.2, 0.25) is 0 Å². The van der Waals surface area contributed by atoms with Gasteiger partial charge in [-0.3, -0.25) is 19.4 Å². The molecule has 0 unspecified atom stereocenters. The molecule has 0 aliphatic rings. The van der Waals surface area contributed by atoms with Crippen LogP contribution in [0.4, 0.5) is 0 Å². The molecule has 0 aliphatic carbocycles. The van der Waals surface area contributed by atoms with E-state index in [1.54, 1.807) is 12.1 Å². The molecular weight excluding hydrogens is 512 g/mol. The largest absolute Gasteiger partial charge is 0.492 e. The van der Waals surface area contributed by atoms with E-state index in [4.69, 9.17) is 9.47 Å². The number of nitrogens with zero attached hydrogens (tertiary/aromatic N) is 1. The minimum atomic E-state index is -4.22. The number of aromatic nitrogens is 1. The standard InChI is InChI=1S/C26H28N4O7S/c1-2-36-16-14-28-26(33)23-13-10-20(18-29-23)25(32)30-38(34,35)22-11-8-19(9-12-22)24(31)27-15-17-37-21-6-4-3-5-7-21/h3-13,18H,2,14-17H2,1H3,(H,27,31)(H,28,33)(H,30,32). The van der Waals surface area contributed by atoms with Gasteiger partial charge in [0.25, 0.3) is 27.7 Å². The Morgan fingerprint density at radius 2 is 1.45 bits per heavy atom. The monoisotopic (exact) mass is 540 g/mol. The predicted molar refractivity (Wildman–Crippen MR) is 138 cm³/mol. The molecule has 1 heterocycles. The number of hydrogen-bond acceptors (Lipinski definition) is 8. The molecule has 38 heavy (non-hydrogen) atoms. The maximum absolute atomic E-state index is 12.6. The zero-order valence-corrected chi connectivity index (χ0v) is 21.5. The minimum Gasteiger partial charge on any atom is -0.492 e. The Bertz CT molecular complexity index is 1330. The van der Waals surface area contributed by atoms with Crippen molar-refractivity contribution in [2.75, 3.05) is 32.9 Å². The Kier molecular flexibility index (Phi) is 10.3. The fourth-order valence-electron chi connectivity index (χ4n) is 3.11. The fourth-order valence-corrected chi connectivity index (χ4v) is 4.09. The summed E-state index contributed by atoms with van der Waals surface area (Å²) in [7, 11) is -4.22. The second-order valence-corrected chi connectivity index (χ2v) is 9.44. The third-order valence-electron chi connectivity index (χ3n) is 5.05. The average Bonchev–Trinajstić information content (AvgIpc) is 2.93. The number of nitrogens with one attached hydrogen (secondary N) is 3. The van der Waals surface area contributed by atoms with E-state index in [0.29, 0.717) is 25.5 Å². The van der Waals surface area contributed by atoms with Gasteiger partial charge in [0, 0.05) is 24.9 Å². The number of amides is 3. The Labute approximate surface area is 220 Å². The molecular formula is C26H28N4O7S. The summed E-state index contributed by atoms with van der Waals surface area (Å²) in [4.78, 5) is 40.5. The Morgan fingerprint density at radius 3 is 2.11 bits per heavy atom. The van der Waals surface area contributed by atoms with E-state index in [1.165, 1.54) is 36.4 Å². The number of para-hydroxylation sites is 1. The second kappa shape index (κ2) is 13.9. The van der Waals surface area contributed by atoms with Crippen LogP contribution in [-0.2, 0) is 14.8 Å². The zero-order valence-electron chi connectivity index (χ0n) is 20.7. The maximum Gasteiger partial charge on any atom is 0.269 e. The van der Waals surface area contributed by atoms with Crippen molar-refractivity contribution in [3.63, 3.8) is 0 Å². The van der Waals surface area contributed by atoms with Gasteiger partial charge in [-0.05, 0) is 55.5 Å². The first-order valence-electron chi connectivity index (χ1n) is 11.8. The van der Waals surface area contributed by atoms with E-state index < -0.39 is 27.7 Å². The number of benzene rings is 2. The highest BCUT2D eigenvalue weighted by atomic mass is 32.2. The van der Waals surface area contributed by atoms with E-state index in [1.807, 2.05) is 29.8 Å². The summed E-state index contributed by atoms with van der Waals surface area (Å²) in [5.41, 5.74) is 0.267. The molecule has 0 saturated heterocycles. The number of hydrogen-bond donors (Lipinski definition) is 3. The van der Waals surface area contributed by atoms with Crippen LogP contribution in [0.25, 0.3) is 0 Å². The molecule has 0 atom stereocenters. The van der Waals surface area contributed by atoms with Crippen molar-refractivity contribution >= 4 is 27.7 Å². The van der Waals surface area contributed by atoms with Gasteiger partial charge in [0.05, 0.1) is 23.6 Å². The first-order chi connectivity index (χ1) is 18.3. The number of rotatable bonds is 13. The van der Waals surface area contributed by atoms with E-state index >= 15 is 0 Å². The van der Waals surface area contributed by atoms with Gasteiger partial charge in [0.1, 0.15) is 18.1 Å². The van der Waals surface area contributed by atoms with E-state index in [-0.39, 0.29) is 34.9 Å².